The van der Waals surface area contributed by atoms with Crippen LogP contribution >= 0.6 is 11.6 Å². The first-order valence-electron chi connectivity index (χ1n) is 4.09. The summed E-state index contributed by atoms with van der Waals surface area (Å²) in [7, 11) is 0. The largest absolute Gasteiger partial charge is 0.459 e. The van der Waals surface area contributed by atoms with Gasteiger partial charge in [0.15, 0.2) is 0 Å². The average molecular weight is 198 g/mol. The Morgan fingerprint density at radius 3 is 3.00 bits per heavy atom. The summed E-state index contributed by atoms with van der Waals surface area (Å²) in [4.78, 5) is 15.2. The van der Waals surface area contributed by atoms with Gasteiger partial charge in [0.1, 0.15) is 11.3 Å². The summed E-state index contributed by atoms with van der Waals surface area (Å²) < 4.78 is 5.06. The third kappa shape index (κ3) is 1.98. The van der Waals surface area contributed by atoms with E-state index < -0.39 is 0 Å². The van der Waals surface area contributed by atoms with Crippen LogP contribution in [0.3, 0.4) is 0 Å². The molecule has 0 atom stereocenters. The standard InChI is InChI=1S/C9H8ClNO2/c10-8-7(2-1-5-11-8)9(12)13-6-3-4-6/h1-2,5-6H,3-4H2. The van der Waals surface area contributed by atoms with Crippen molar-refractivity contribution in [2.24, 2.45) is 0 Å². The molecule has 3 nitrogen and oxygen atoms in total. The van der Waals surface area contributed by atoms with Crippen LogP contribution in [-0.2, 0) is 4.74 Å². The summed E-state index contributed by atoms with van der Waals surface area (Å²) in [5.74, 6) is -0.374. The molecule has 0 saturated heterocycles. The normalized spacial score (nSPS) is 15.5. The Labute approximate surface area is 80.7 Å². The van der Waals surface area contributed by atoms with Gasteiger partial charge in [0.05, 0.1) is 5.56 Å². The number of hydrogen-bond donors (Lipinski definition) is 0. The molecule has 1 aromatic rings. The lowest BCUT2D eigenvalue weighted by molar-refractivity contribution is 0.0472. The van der Waals surface area contributed by atoms with E-state index in [9.17, 15) is 4.79 Å². The molecule has 0 unspecified atom stereocenters. The van der Waals surface area contributed by atoms with Crippen molar-refractivity contribution in [3.63, 3.8) is 0 Å². The smallest absolute Gasteiger partial charge is 0.341 e. The molecule has 68 valence electrons. The summed E-state index contributed by atoms with van der Waals surface area (Å²) in [6.07, 6.45) is 3.56. The minimum atomic E-state index is -0.374. The van der Waals surface area contributed by atoms with Gasteiger partial charge in [-0.2, -0.15) is 0 Å². The maximum atomic E-state index is 11.4. The molecule has 0 aliphatic heterocycles. The summed E-state index contributed by atoms with van der Waals surface area (Å²) in [6.45, 7) is 0. The molecule has 13 heavy (non-hydrogen) atoms. The molecule has 1 heterocycles. The van der Waals surface area contributed by atoms with Crippen LogP contribution in [0.25, 0.3) is 0 Å². The summed E-state index contributed by atoms with van der Waals surface area (Å²) in [5.41, 5.74) is 0.344. The van der Waals surface area contributed by atoms with Crippen LogP contribution < -0.4 is 0 Å². The van der Waals surface area contributed by atoms with E-state index in [0.29, 0.717) is 5.56 Å². The summed E-state index contributed by atoms with van der Waals surface area (Å²) in [5, 5.41) is 0.202. The van der Waals surface area contributed by atoms with Crippen molar-refractivity contribution in [1.29, 1.82) is 0 Å². The maximum absolute atomic E-state index is 11.4. The Hall–Kier alpha value is -1.09. The van der Waals surface area contributed by atoms with Crippen LogP contribution in [0.1, 0.15) is 23.2 Å². The number of hydrogen-bond acceptors (Lipinski definition) is 3. The molecule has 1 aliphatic rings. The SMILES string of the molecule is O=C(OC1CC1)c1cccnc1Cl. The minimum Gasteiger partial charge on any atom is -0.459 e. The molecular formula is C9H8ClNO2. The van der Waals surface area contributed by atoms with E-state index in [4.69, 9.17) is 16.3 Å². The Morgan fingerprint density at radius 1 is 1.62 bits per heavy atom. The summed E-state index contributed by atoms with van der Waals surface area (Å²) in [6, 6.07) is 3.27. The zero-order valence-corrected chi connectivity index (χ0v) is 7.62. The van der Waals surface area contributed by atoms with Gasteiger partial charge in [0.25, 0.3) is 0 Å². The van der Waals surface area contributed by atoms with Gasteiger partial charge >= 0.3 is 5.97 Å². The van der Waals surface area contributed by atoms with Gasteiger partial charge in [0.2, 0.25) is 0 Å². The molecule has 0 N–H and O–H groups in total. The first-order chi connectivity index (χ1) is 6.27. The predicted octanol–water partition coefficient (Wildman–Crippen LogP) is 2.05. The van der Waals surface area contributed by atoms with E-state index in [1.54, 1.807) is 12.1 Å². The number of esters is 1. The first kappa shape index (κ1) is 8.51. The van der Waals surface area contributed by atoms with E-state index in [1.807, 2.05) is 0 Å². The lowest BCUT2D eigenvalue weighted by Crippen LogP contribution is -2.07. The van der Waals surface area contributed by atoms with Crippen LogP contribution in [0.15, 0.2) is 18.3 Å². The van der Waals surface area contributed by atoms with E-state index in [1.165, 1.54) is 6.20 Å². The second-order valence-corrected chi connectivity index (χ2v) is 3.30. The fraction of sp³-hybridized carbons (Fsp3) is 0.333. The molecule has 2 rings (SSSR count). The van der Waals surface area contributed by atoms with Crippen LogP contribution in [0.4, 0.5) is 0 Å². The quantitative estimate of drug-likeness (QED) is 0.538. The monoisotopic (exact) mass is 197 g/mol. The number of carbonyl (C=O) groups is 1. The van der Waals surface area contributed by atoms with Gasteiger partial charge in [-0.1, -0.05) is 11.6 Å². The molecule has 0 aromatic carbocycles. The van der Waals surface area contributed by atoms with Crippen LogP contribution in [0, 0.1) is 0 Å². The molecule has 1 aliphatic carbocycles. The highest BCUT2D eigenvalue weighted by molar-refractivity contribution is 6.32. The number of rotatable bonds is 2. The van der Waals surface area contributed by atoms with Gasteiger partial charge < -0.3 is 4.74 Å². The Morgan fingerprint density at radius 2 is 2.38 bits per heavy atom. The first-order valence-corrected chi connectivity index (χ1v) is 4.46. The number of ether oxygens (including phenoxy) is 1. The molecule has 0 radical (unpaired) electrons. The molecule has 0 amide bonds. The molecule has 1 fully saturated rings. The van der Waals surface area contributed by atoms with Crippen molar-refractivity contribution in [2.75, 3.05) is 0 Å². The summed E-state index contributed by atoms with van der Waals surface area (Å²) >= 11 is 5.71. The second kappa shape index (κ2) is 3.34. The molecule has 4 heteroatoms. The van der Waals surface area contributed by atoms with Crippen molar-refractivity contribution in [2.45, 2.75) is 18.9 Å². The van der Waals surface area contributed by atoms with Crippen molar-refractivity contribution < 1.29 is 9.53 Å². The Bertz CT molecular complexity index is 336. The van der Waals surface area contributed by atoms with Gasteiger partial charge in [-0.15, -0.1) is 0 Å². The zero-order valence-electron chi connectivity index (χ0n) is 6.87. The van der Waals surface area contributed by atoms with Crippen LogP contribution in [0.5, 0.6) is 0 Å². The molecule has 1 saturated carbocycles. The maximum Gasteiger partial charge on any atom is 0.341 e. The highest BCUT2D eigenvalue weighted by Gasteiger charge is 2.27. The minimum absolute atomic E-state index is 0.101. The van der Waals surface area contributed by atoms with Crippen molar-refractivity contribution in [3.8, 4) is 0 Å². The van der Waals surface area contributed by atoms with Crippen LogP contribution in [0.2, 0.25) is 5.15 Å². The van der Waals surface area contributed by atoms with E-state index in [0.717, 1.165) is 12.8 Å². The van der Waals surface area contributed by atoms with E-state index >= 15 is 0 Å². The van der Waals surface area contributed by atoms with Crippen molar-refractivity contribution in [3.05, 3.63) is 29.0 Å². The number of carbonyl (C=O) groups excluding carboxylic acids is 1. The lowest BCUT2D eigenvalue weighted by atomic mass is 10.3. The average Bonchev–Trinajstić information content (AvgIpc) is 2.89. The zero-order chi connectivity index (χ0) is 9.26. The fourth-order valence-electron chi connectivity index (χ4n) is 0.939. The lowest BCUT2D eigenvalue weighted by Gasteiger charge is -2.02. The highest BCUT2D eigenvalue weighted by atomic mass is 35.5. The van der Waals surface area contributed by atoms with E-state index in [-0.39, 0.29) is 17.2 Å². The van der Waals surface area contributed by atoms with Crippen molar-refractivity contribution in [1.82, 2.24) is 4.98 Å². The number of aromatic nitrogens is 1. The van der Waals surface area contributed by atoms with Crippen molar-refractivity contribution >= 4 is 17.6 Å². The number of pyridine rings is 1. The Kier molecular flexibility index (Phi) is 2.19. The van der Waals surface area contributed by atoms with Gasteiger partial charge in [0, 0.05) is 6.20 Å². The third-order valence-electron chi connectivity index (χ3n) is 1.78. The van der Waals surface area contributed by atoms with E-state index in [2.05, 4.69) is 4.98 Å². The topological polar surface area (TPSA) is 39.2 Å². The van der Waals surface area contributed by atoms with Gasteiger partial charge in [-0.05, 0) is 25.0 Å². The number of halogens is 1. The fourth-order valence-corrected chi connectivity index (χ4v) is 1.14. The predicted molar refractivity (Wildman–Crippen MR) is 47.7 cm³/mol. The number of nitrogens with zero attached hydrogens (tertiary/aromatic N) is 1. The Balaban J connectivity index is 2.13. The highest BCUT2D eigenvalue weighted by Crippen LogP contribution is 2.25. The molecule has 0 bridgehead atoms. The van der Waals surface area contributed by atoms with Gasteiger partial charge in [-0.25, -0.2) is 9.78 Å². The second-order valence-electron chi connectivity index (χ2n) is 2.95. The molecule has 0 spiro atoms. The molecular weight excluding hydrogens is 190 g/mol. The molecule has 1 aromatic heterocycles. The van der Waals surface area contributed by atoms with Crippen LogP contribution in [-0.4, -0.2) is 17.1 Å². The van der Waals surface area contributed by atoms with Gasteiger partial charge in [-0.3, -0.25) is 0 Å². The third-order valence-corrected chi connectivity index (χ3v) is 2.08.